The summed E-state index contributed by atoms with van der Waals surface area (Å²) in [6.45, 7) is 3.01. The molecule has 1 amide bonds. The van der Waals surface area contributed by atoms with Gasteiger partial charge in [0.25, 0.3) is 5.91 Å². The van der Waals surface area contributed by atoms with Gasteiger partial charge in [0, 0.05) is 30.9 Å². The van der Waals surface area contributed by atoms with E-state index in [-0.39, 0.29) is 5.91 Å². The molecule has 2 aliphatic rings. The molecule has 0 aromatic carbocycles. The van der Waals surface area contributed by atoms with Gasteiger partial charge < -0.3 is 15.2 Å². The Balaban J connectivity index is 1.75. The van der Waals surface area contributed by atoms with Crippen LogP contribution in [0.1, 0.15) is 49.5 Å². The zero-order valence-corrected chi connectivity index (χ0v) is 11.6. The van der Waals surface area contributed by atoms with Crippen LogP contribution < -0.4 is 5.32 Å². The van der Waals surface area contributed by atoms with Crippen LogP contribution in [0.4, 0.5) is 0 Å². The van der Waals surface area contributed by atoms with Gasteiger partial charge in [-0.1, -0.05) is 6.92 Å². The van der Waals surface area contributed by atoms with E-state index in [9.17, 15) is 4.79 Å². The van der Waals surface area contributed by atoms with Crippen LogP contribution in [-0.2, 0) is 0 Å². The Labute approximate surface area is 114 Å². The normalized spacial score (nSPS) is 29.4. The van der Waals surface area contributed by atoms with Gasteiger partial charge in [0.05, 0.1) is 0 Å². The zero-order valence-electron chi connectivity index (χ0n) is 11.6. The van der Waals surface area contributed by atoms with Crippen molar-refractivity contribution < 1.29 is 4.79 Å². The number of H-pyrrole nitrogens is 1. The predicted octanol–water partition coefficient (Wildman–Crippen LogP) is 2.15. The molecule has 0 spiro atoms. The Bertz CT molecular complexity index is 417. The van der Waals surface area contributed by atoms with E-state index in [0.29, 0.717) is 18.1 Å². The lowest BCUT2D eigenvalue weighted by Gasteiger charge is -2.37. The number of hydrogen-bond donors (Lipinski definition) is 2. The van der Waals surface area contributed by atoms with Crippen molar-refractivity contribution in [3.05, 3.63) is 24.0 Å². The molecule has 104 valence electrons. The van der Waals surface area contributed by atoms with Crippen molar-refractivity contribution in [2.24, 2.45) is 0 Å². The first-order valence-corrected chi connectivity index (χ1v) is 7.48. The minimum absolute atomic E-state index is 0.165. The Kier molecular flexibility index (Phi) is 3.60. The van der Waals surface area contributed by atoms with Crippen molar-refractivity contribution in [3.8, 4) is 0 Å². The molecule has 19 heavy (non-hydrogen) atoms. The summed E-state index contributed by atoms with van der Waals surface area (Å²) in [5, 5.41) is 3.65. The van der Waals surface area contributed by atoms with Gasteiger partial charge in [-0.05, 0) is 44.2 Å². The molecule has 0 aliphatic carbocycles. The van der Waals surface area contributed by atoms with Crippen molar-refractivity contribution in [2.45, 2.75) is 57.2 Å². The Morgan fingerprint density at radius 2 is 2.11 bits per heavy atom. The van der Waals surface area contributed by atoms with E-state index < -0.39 is 0 Å². The van der Waals surface area contributed by atoms with Gasteiger partial charge in [0.2, 0.25) is 0 Å². The number of aromatic nitrogens is 1. The van der Waals surface area contributed by atoms with Gasteiger partial charge in [-0.2, -0.15) is 0 Å². The third-order valence-corrected chi connectivity index (χ3v) is 4.44. The second-order valence-corrected chi connectivity index (χ2v) is 5.85. The molecule has 3 rings (SSSR count). The number of fused-ring (bicyclic) bond motifs is 2. The maximum absolute atomic E-state index is 12.6. The zero-order chi connectivity index (χ0) is 13.2. The molecule has 4 heteroatoms. The van der Waals surface area contributed by atoms with Gasteiger partial charge in [-0.3, -0.25) is 4.79 Å². The number of aromatic amines is 1. The molecule has 2 saturated heterocycles. The Morgan fingerprint density at radius 3 is 2.68 bits per heavy atom. The number of nitrogens with zero attached hydrogens (tertiary/aromatic N) is 1. The summed E-state index contributed by atoms with van der Waals surface area (Å²) in [5.74, 6) is 0.165. The minimum atomic E-state index is 0.165. The number of hydrogen-bond acceptors (Lipinski definition) is 2. The third-order valence-electron chi connectivity index (χ3n) is 4.44. The van der Waals surface area contributed by atoms with Crippen molar-refractivity contribution in [3.63, 3.8) is 0 Å². The van der Waals surface area contributed by atoms with Crippen LogP contribution in [0.5, 0.6) is 0 Å². The van der Waals surface area contributed by atoms with Crippen molar-refractivity contribution in [1.29, 1.82) is 0 Å². The van der Waals surface area contributed by atoms with E-state index in [2.05, 4.69) is 22.1 Å². The van der Waals surface area contributed by atoms with E-state index in [1.54, 1.807) is 0 Å². The molecule has 4 nitrogen and oxygen atoms in total. The van der Waals surface area contributed by atoms with Crippen LogP contribution in [0.3, 0.4) is 0 Å². The topological polar surface area (TPSA) is 48.1 Å². The van der Waals surface area contributed by atoms with Gasteiger partial charge in [-0.15, -0.1) is 0 Å². The quantitative estimate of drug-likeness (QED) is 0.872. The molecule has 2 N–H and O–H groups in total. The van der Waals surface area contributed by atoms with E-state index in [0.717, 1.165) is 31.5 Å². The predicted molar refractivity (Wildman–Crippen MR) is 75.1 cm³/mol. The van der Waals surface area contributed by atoms with Crippen molar-refractivity contribution in [2.75, 3.05) is 6.54 Å². The SMILES string of the molecule is CCCN(C(=O)c1ccc[nH]1)C1CC2CCC(C1)N2. The van der Waals surface area contributed by atoms with E-state index in [4.69, 9.17) is 0 Å². The summed E-state index contributed by atoms with van der Waals surface area (Å²) in [5.41, 5.74) is 0.722. The standard InChI is InChI=1S/C15H23N3O/c1-2-8-18(15(19)14-4-3-7-16-14)13-9-11-5-6-12(10-13)17-11/h3-4,7,11-13,16-17H,2,5-6,8-10H2,1H3. The van der Waals surface area contributed by atoms with Gasteiger partial charge in [0.1, 0.15) is 5.69 Å². The van der Waals surface area contributed by atoms with E-state index in [1.807, 2.05) is 18.3 Å². The molecule has 1 aromatic rings. The number of piperidine rings is 1. The fraction of sp³-hybridized carbons (Fsp3) is 0.667. The third kappa shape index (κ3) is 2.54. The number of carbonyl (C=O) groups is 1. The Hall–Kier alpha value is -1.29. The molecule has 2 aliphatic heterocycles. The number of amides is 1. The lowest BCUT2D eigenvalue weighted by molar-refractivity contribution is 0.0611. The van der Waals surface area contributed by atoms with E-state index in [1.165, 1.54) is 12.8 Å². The van der Waals surface area contributed by atoms with Crippen LogP contribution in [0, 0.1) is 0 Å². The lowest BCUT2D eigenvalue weighted by atomic mass is 9.97. The van der Waals surface area contributed by atoms with Crippen LogP contribution in [0.25, 0.3) is 0 Å². The Morgan fingerprint density at radius 1 is 1.37 bits per heavy atom. The lowest BCUT2D eigenvalue weighted by Crippen LogP contribution is -2.50. The number of carbonyl (C=O) groups excluding carboxylic acids is 1. The maximum atomic E-state index is 12.6. The molecule has 2 unspecified atom stereocenters. The molecule has 2 fully saturated rings. The van der Waals surface area contributed by atoms with Crippen molar-refractivity contribution in [1.82, 2.24) is 15.2 Å². The molecule has 2 atom stereocenters. The molecule has 1 aromatic heterocycles. The summed E-state index contributed by atoms with van der Waals surface area (Å²) in [7, 11) is 0. The molecule has 3 heterocycles. The summed E-state index contributed by atoms with van der Waals surface area (Å²) < 4.78 is 0. The maximum Gasteiger partial charge on any atom is 0.270 e. The average molecular weight is 261 g/mol. The average Bonchev–Trinajstić information content (AvgIpc) is 3.05. The van der Waals surface area contributed by atoms with Crippen LogP contribution in [0.2, 0.25) is 0 Å². The van der Waals surface area contributed by atoms with Crippen LogP contribution >= 0.6 is 0 Å². The minimum Gasteiger partial charge on any atom is -0.357 e. The summed E-state index contributed by atoms with van der Waals surface area (Å²) in [4.78, 5) is 17.7. The van der Waals surface area contributed by atoms with Crippen LogP contribution in [0.15, 0.2) is 18.3 Å². The molecule has 2 bridgehead atoms. The molecule has 0 radical (unpaired) electrons. The summed E-state index contributed by atoms with van der Waals surface area (Å²) >= 11 is 0. The summed E-state index contributed by atoms with van der Waals surface area (Å²) in [6, 6.07) is 5.43. The number of nitrogens with one attached hydrogen (secondary N) is 2. The fourth-order valence-electron chi connectivity index (χ4n) is 3.59. The van der Waals surface area contributed by atoms with Crippen molar-refractivity contribution >= 4 is 5.91 Å². The second kappa shape index (κ2) is 5.37. The van der Waals surface area contributed by atoms with Gasteiger partial charge in [0.15, 0.2) is 0 Å². The first-order valence-electron chi connectivity index (χ1n) is 7.48. The smallest absolute Gasteiger partial charge is 0.270 e. The highest BCUT2D eigenvalue weighted by atomic mass is 16.2. The molecule has 0 saturated carbocycles. The van der Waals surface area contributed by atoms with Crippen LogP contribution in [-0.4, -0.2) is 40.5 Å². The molecular weight excluding hydrogens is 238 g/mol. The fourth-order valence-corrected chi connectivity index (χ4v) is 3.59. The largest absolute Gasteiger partial charge is 0.357 e. The summed E-state index contributed by atoms with van der Waals surface area (Å²) in [6.07, 6.45) is 7.62. The highest BCUT2D eigenvalue weighted by Crippen LogP contribution is 2.30. The highest BCUT2D eigenvalue weighted by molar-refractivity contribution is 5.92. The van der Waals surface area contributed by atoms with E-state index >= 15 is 0 Å². The van der Waals surface area contributed by atoms with Gasteiger partial charge >= 0.3 is 0 Å². The first-order chi connectivity index (χ1) is 9.28. The van der Waals surface area contributed by atoms with Gasteiger partial charge in [-0.25, -0.2) is 0 Å². The monoisotopic (exact) mass is 261 g/mol. The highest BCUT2D eigenvalue weighted by Gasteiger charge is 2.37. The second-order valence-electron chi connectivity index (χ2n) is 5.85. The first kappa shape index (κ1) is 12.7. The molecular formula is C15H23N3O. The number of rotatable bonds is 4.